The molecule has 20 heavy (non-hydrogen) atoms. The maximum atomic E-state index is 13.9. The summed E-state index contributed by atoms with van der Waals surface area (Å²) in [6.45, 7) is 3.46. The summed E-state index contributed by atoms with van der Waals surface area (Å²) in [5.41, 5.74) is 1.90. The number of halogens is 3. The summed E-state index contributed by atoms with van der Waals surface area (Å²) in [5.74, 6) is -1.37. The van der Waals surface area contributed by atoms with E-state index >= 15 is 0 Å². The fourth-order valence-corrected chi connectivity index (χ4v) is 2.43. The Balaban J connectivity index is 2.33. The van der Waals surface area contributed by atoms with E-state index in [2.05, 4.69) is 0 Å². The minimum atomic E-state index is -0.536. The smallest absolute Gasteiger partial charge is 0.170 e. The molecule has 0 bridgehead atoms. The standard InChI is InChI=1S/C16H13ClF2O/c1-9-5-10(2)16(14(19)6-9)15(20)7-11-3-4-12(18)8-13(11)17/h3-6,8H,7H2,1-2H3. The van der Waals surface area contributed by atoms with Crippen molar-refractivity contribution in [2.24, 2.45) is 0 Å². The number of Topliss-reactive ketones (excluding diaryl/α,β-unsaturated/α-hetero) is 1. The molecule has 0 atom stereocenters. The fourth-order valence-electron chi connectivity index (χ4n) is 2.20. The topological polar surface area (TPSA) is 17.1 Å². The minimum absolute atomic E-state index is 0.0556. The van der Waals surface area contributed by atoms with Crippen LogP contribution in [-0.4, -0.2) is 5.78 Å². The van der Waals surface area contributed by atoms with Gasteiger partial charge in [-0.3, -0.25) is 4.79 Å². The van der Waals surface area contributed by atoms with Gasteiger partial charge in [0.2, 0.25) is 0 Å². The summed E-state index contributed by atoms with van der Waals surface area (Å²) in [4.78, 5) is 12.2. The van der Waals surface area contributed by atoms with E-state index in [1.807, 2.05) is 0 Å². The molecular formula is C16H13ClF2O. The van der Waals surface area contributed by atoms with E-state index < -0.39 is 11.6 Å². The van der Waals surface area contributed by atoms with Crippen molar-refractivity contribution in [2.45, 2.75) is 20.3 Å². The molecule has 0 radical (unpaired) electrons. The Labute approximate surface area is 121 Å². The summed E-state index contributed by atoms with van der Waals surface area (Å²) >= 11 is 5.88. The highest BCUT2D eigenvalue weighted by Crippen LogP contribution is 2.22. The summed E-state index contributed by atoms with van der Waals surface area (Å²) in [6, 6.07) is 6.89. The lowest BCUT2D eigenvalue weighted by atomic mass is 9.97. The van der Waals surface area contributed by atoms with Crippen molar-refractivity contribution >= 4 is 17.4 Å². The van der Waals surface area contributed by atoms with E-state index in [1.54, 1.807) is 19.9 Å². The Morgan fingerprint density at radius 1 is 1.15 bits per heavy atom. The maximum Gasteiger partial charge on any atom is 0.170 e. The van der Waals surface area contributed by atoms with E-state index in [0.29, 0.717) is 11.1 Å². The highest BCUT2D eigenvalue weighted by atomic mass is 35.5. The number of ketones is 1. The molecule has 0 unspecified atom stereocenters. The third-order valence-corrected chi connectivity index (χ3v) is 3.43. The first kappa shape index (κ1) is 14.7. The van der Waals surface area contributed by atoms with Crippen LogP contribution in [0.5, 0.6) is 0 Å². The molecule has 0 saturated carbocycles. The number of carbonyl (C=O) groups excluding carboxylic acids is 1. The zero-order valence-corrected chi connectivity index (χ0v) is 11.9. The number of carbonyl (C=O) groups is 1. The summed E-state index contributed by atoms with van der Waals surface area (Å²) in [5, 5.41) is 0.170. The van der Waals surface area contributed by atoms with Crippen molar-refractivity contribution < 1.29 is 13.6 Å². The van der Waals surface area contributed by atoms with Crippen LogP contribution in [0.3, 0.4) is 0 Å². The minimum Gasteiger partial charge on any atom is -0.294 e. The summed E-state index contributed by atoms with van der Waals surface area (Å²) < 4.78 is 26.9. The summed E-state index contributed by atoms with van der Waals surface area (Å²) in [6.07, 6.45) is -0.0556. The molecule has 0 heterocycles. The average molecular weight is 295 g/mol. The van der Waals surface area contributed by atoms with Crippen molar-refractivity contribution in [3.63, 3.8) is 0 Å². The van der Waals surface area contributed by atoms with Crippen molar-refractivity contribution in [1.29, 1.82) is 0 Å². The summed E-state index contributed by atoms with van der Waals surface area (Å²) in [7, 11) is 0. The lowest BCUT2D eigenvalue weighted by Gasteiger charge is -2.09. The van der Waals surface area contributed by atoms with Crippen LogP contribution in [-0.2, 0) is 6.42 Å². The molecule has 0 N–H and O–H groups in total. The second-order valence-electron chi connectivity index (χ2n) is 4.77. The molecule has 0 amide bonds. The normalized spacial score (nSPS) is 10.7. The molecular weight excluding hydrogens is 282 g/mol. The third kappa shape index (κ3) is 3.05. The molecule has 4 heteroatoms. The van der Waals surface area contributed by atoms with Gasteiger partial charge in [-0.2, -0.15) is 0 Å². The molecule has 0 aliphatic rings. The predicted octanol–water partition coefficient (Wildman–Crippen LogP) is 4.66. The first-order chi connectivity index (χ1) is 9.38. The van der Waals surface area contributed by atoms with Crippen LogP contribution in [0.2, 0.25) is 5.02 Å². The number of hydrogen-bond donors (Lipinski definition) is 0. The van der Waals surface area contributed by atoms with Crippen LogP contribution < -0.4 is 0 Å². The Morgan fingerprint density at radius 3 is 2.45 bits per heavy atom. The van der Waals surface area contributed by atoms with Gasteiger partial charge in [0.1, 0.15) is 11.6 Å². The Bertz CT molecular complexity index is 657. The van der Waals surface area contributed by atoms with E-state index in [-0.39, 0.29) is 22.8 Å². The van der Waals surface area contributed by atoms with Gasteiger partial charge in [-0.25, -0.2) is 8.78 Å². The van der Waals surface area contributed by atoms with Crippen LogP contribution in [0.25, 0.3) is 0 Å². The van der Waals surface area contributed by atoms with Crippen LogP contribution >= 0.6 is 11.6 Å². The largest absolute Gasteiger partial charge is 0.294 e. The number of aryl methyl sites for hydroxylation is 2. The van der Waals surface area contributed by atoms with Gasteiger partial charge < -0.3 is 0 Å². The molecule has 2 aromatic carbocycles. The molecule has 2 aromatic rings. The quantitative estimate of drug-likeness (QED) is 0.752. The van der Waals surface area contributed by atoms with Crippen molar-refractivity contribution in [2.75, 3.05) is 0 Å². The monoisotopic (exact) mass is 294 g/mol. The molecule has 0 aliphatic heterocycles. The molecule has 0 fully saturated rings. The van der Waals surface area contributed by atoms with Gasteiger partial charge in [-0.05, 0) is 48.7 Å². The molecule has 1 nitrogen and oxygen atoms in total. The average Bonchev–Trinajstić information content (AvgIpc) is 2.31. The second-order valence-corrected chi connectivity index (χ2v) is 5.18. The van der Waals surface area contributed by atoms with Gasteiger partial charge in [0.25, 0.3) is 0 Å². The highest BCUT2D eigenvalue weighted by Gasteiger charge is 2.17. The van der Waals surface area contributed by atoms with Gasteiger partial charge in [-0.15, -0.1) is 0 Å². The molecule has 0 aromatic heterocycles. The van der Waals surface area contributed by atoms with Gasteiger partial charge in [0, 0.05) is 11.4 Å². The van der Waals surface area contributed by atoms with Crippen molar-refractivity contribution in [3.8, 4) is 0 Å². The van der Waals surface area contributed by atoms with Gasteiger partial charge >= 0.3 is 0 Å². The van der Waals surface area contributed by atoms with Crippen molar-refractivity contribution in [3.05, 3.63) is 69.2 Å². The van der Waals surface area contributed by atoms with E-state index in [4.69, 9.17) is 11.6 Å². The molecule has 0 saturated heterocycles. The Morgan fingerprint density at radius 2 is 1.85 bits per heavy atom. The van der Waals surface area contributed by atoms with Crippen LogP contribution in [0.4, 0.5) is 8.78 Å². The number of benzene rings is 2. The molecule has 0 aliphatic carbocycles. The van der Waals surface area contributed by atoms with E-state index in [0.717, 1.165) is 11.6 Å². The highest BCUT2D eigenvalue weighted by molar-refractivity contribution is 6.31. The number of rotatable bonds is 3. The van der Waals surface area contributed by atoms with E-state index in [1.165, 1.54) is 18.2 Å². The van der Waals surface area contributed by atoms with E-state index in [9.17, 15) is 13.6 Å². The van der Waals surface area contributed by atoms with Gasteiger partial charge in [0.05, 0.1) is 5.56 Å². The predicted molar refractivity (Wildman–Crippen MR) is 75.3 cm³/mol. The van der Waals surface area contributed by atoms with Crippen LogP contribution in [0, 0.1) is 25.5 Å². The zero-order chi connectivity index (χ0) is 14.9. The lowest BCUT2D eigenvalue weighted by Crippen LogP contribution is -2.09. The Hall–Kier alpha value is -1.74. The van der Waals surface area contributed by atoms with Gasteiger partial charge in [0.15, 0.2) is 5.78 Å². The zero-order valence-electron chi connectivity index (χ0n) is 11.1. The first-order valence-corrected chi connectivity index (χ1v) is 6.50. The molecule has 104 valence electrons. The third-order valence-electron chi connectivity index (χ3n) is 3.08. The maximum absolute atomic E-state index is 13.9. The molecule has 0 spiro atoms. The van der Waals surface area contributed by atoms with Crippen LogP contribution in [0.1, 0.15) is 27.0 Å². The second kappa shape index (κ2) is 5.71. The molecule has 2 rings (SSSR count). The van der Waals surface area contributed by atoms with Crippen molar-refractivity contribution in [1.82, 2.24) is 0 Å². The fraction of sp³-hybridized carbons (Fsp3) is 0.188. The lowest BCUT2D eigenvalue weighted by molar-refractivity contribution is 0.0988. The number of hydrogen-bond acceptors (Lipinski definition) is 1. The first-order valence-electron chi connectivity index (χ1n) is 6.12. The van der Waals surface area contributed by atoms with Gasteiger partial charge in [-0.1, -0.05) is 23.7 Å². The van der Waals surface area contributed by atoms with Crippen LogP contribution in [0.15, 0.2) is 30.3 Å². The SMILES string of the molecule is Cc1cc(C)c(C(=O)Cc2ccc(F)cc2Cl)c(F)c1. The Kier molecular flexibility index (Phi) is 4.19.